The summed E-state index contributed by atoms with van der Waals surface area (Å²) in [4.78, 5) is 13.9. The number of rotatable bonds is 3. The van der Waals surface area contributed by atoms with E-state index in [0.29, 0.717) is 26.2 Å². The Balaban J connectivity index is 1.75. The number of hydrogen-bond donors (Lipinski definition) is 1. The van der Waals surface area contributed by atoms with Crippen LogP contribution in [-0.2, 0) is 16.1 Å². The van der Waals surface area contributed by atoms with Crippen molar-refractivity contribution in [3.05, 3.63) is 35.9 Å². The zero-order chi connectivity index (χ0) is 13.3. The fourth-order valence-corrected chi connectivity index (χ4v) is 3.37. The first-order valence-corrected chi connectivity index (χ1v) is 6.78. The van der Waals surface area contributed by atoms with Crippen LogP contribution in [0.15, 0.2) is 30.3 Å². The van der Waals surface area contributed by atoms with Gasteiger partial charge in [-0.25, -0.2) is 0 Å². The maximum atomic E-state index is 11.7. The quantitative estimate of drug-likeness (QED) is 0.898. The van der Waals surface area contributed by atoms with Crippen LogP contribution in [0.25, 0.3) is 0 Å². The van der Waals surface area contributed by atoms with Gasteiger partial charge in [-0.1, -0.05) is 30.3 Å². The number of carboxylic acid groups (broad SMARTS) is 1. The second kappa shape index (κ2) is 4.94. The third-order valence-corrected chi connectivity index (χ3v) is 4.45. The molecule has 102 valence electrons. The molecule has 2 atom stereocenters. The zero-order valence-corrected chi connectivity index (χ0v) is 10.9. The minimum atomic E-state index is -0.656. The van der Waals surface area contributed by atoms with E-state index in [0.717, 1.165) is 13.1 Å². The average Bonchev–Trinajstić information content (AvgIpc) is 2.79. The van der Waals surface area contributed by atoms with Crippen LogP contribution in [0.4, 0.5) is 0 Å². The molecule has 2 unspecified atom stereocenters. The van der Waals surface area contributed by atoms with E-state index in [1.165, 1.54) is 5.56 Å². The Hall–Kier alpha value is -1.39. The van der Waals surface area contributed by atoms with Crippen LogP contribution in [0.1, 0.15) is 12.0 Å². The molecule has 1 aromatic carbocycles. The molecule has 0 bridgehead atoms. The van der Waals surface area contributed by atoms with E-state index in [2.05, 4.69) is 17.0 Å². The Bertz CT molecular complexity index is 462. The fraction of sp³-hybridized carbons (Fsp3) is 0.533. The molecule has 2 heterocycles. The summed E-state index contributed by atoms with van der Waals surface area (Å²) >= 11 is 0. The summed E-state index contributed by atoms with van der Waals surface area (Å²) in [5, 5.41) is 9.60. The zero-order valence-electron chi connectivity index (χ0n) is 10.9. The molecule has 0 aliphatic carbocycles. The molecule has 2 aliphatic heterocycles. The molecule has 3 rings (SSSR count). The van der Waals surface area contributed by atoms with E-state index in [4.69, 9.17) is 4.74 Å². The molecular formula is C15H19NO3. The summed E-state index contributed by atoms with van der Waals surface area (Å²) in [7, 11) is 0. The Morgan fingerprint density at radius 1 is 1.42 bits per heavy atom. The SMILES string of the molecule is O=C(O)C12CCOCC1CN(Cc1ccccc1)C2. The molecule has 0 spiro atoms. The Kier molecular flexibility index (Phi) is 3.29. The monoisotopic (exact) mass is 261 g/mol. The Morgan fingerprint density at radius 3 is 2.89 bits per heavy atom. The molecular weight excluding hydrogens is 242 g/mol. The van der Waals surface area contributed by atoms with Crippen LogP contribution in [0, 0.1) is 11.3 Å². The van der Waals surface area contributed by atoms with E-state index < -0.39 is 11.4 Å². The van der Waals surface area contributed by atoms with Crippen molar-refractivity contribution in [1.82, 2.24) is 4.90 Å². The third kappa shape index (κ3) is 2.26. The van der Waals surface area contributed by atoms with Gasteiger partial charge in [-0.2, -0.15) is 0 Å². The Labute approximate surface area is 113 Å². The first kappa shape index (κ1) is 12.6. The fourth-order valence-electron chi connectivity index (χ4n) is 3.37. The predicted molar refractivity (Wildman–Crippen MR) is 70.7 cm³/mol. The molecule has 0 aromatic heterocycles. The van der Waals surface area contributed by atoms with Gasteiger partial charge in [0.2, 0.25) is 0 Å². The molecule has 0 saturated carbocycles. The summed E-state index contributed by atoms with van der Waals surface area (Å²) in [6.07, 6.45) is 0.637. The smallest absolute Gasteiger partial charge is 0.311 e. The number of aliphatic carboxylic acids is 1. The highest BCUT2D eigenvalue weighted by atomic mass is 16.5. The lowest BCUT2D eigenvalue weighted by atomic mass is 9.74. The van der Waals surface area contributed by atoms with Gasteiger partial charge in [0.25, 0.3) is 0 Å². The van der Waals surface area contributed by atoms with Crippen molar-refractivity contribution in [2.24, 2.45) is 11.3 Å². The molecule has 0 amide bonds. The first-order chi connectivity index (χ1) is 9.21. The molecule has 1 N–H and O–H groups in total. The highest BCUT2D eigenvalue weighted by molar-refractivity contribution is 5.76. The van der Waals surface area contributed by atoms with Gasteiger partial charge in [0.1, 0.15) is 0 Å². The van der Waals surface area contributed by atoms with Gasteiger partial charge in [0, 0.05) is 32.2 Å². The van der Waals surface area contributed by atoms with E-state index in [-0.39, 0.29) is 5.92 Å². The van der Waals surface area contributed by atoms with Crippen LogP contribution in [0.5, 0.6) is 0 Å². The normalized spacial score (nSPS) is 31.1. The number of carboxylic acids is 1. The average molecular weight is 261 g/mol. The van der Waals surface area contributed by atoms with Crippen LogP contribution in [-0.4, -0.2) is 42.3 Å². The van der Waals surface area contributed by atoms with Crippen molar-refractivity contribution in [2.45, 2.75) is 13.0 Å². The van der Waals surface area contributed by atoms with E-state index >= 15 is 0 Å². The van der Waals surface area contributed by atoms with Gasteiger partial charge in [0.05, 0.1) is 12.0 Å². The second-order valence-electron chi connectivity index (χ2n) is 5.64. The summed E-state index contributed by atoms with van der Waals surface area (Å²) < 4.78 is 5.47. The molecule has 2 aliphatic rings. The lowest BCUT2D eigenvalue weighted by Gasteiger charge is -2.34. The number of likely N-dealkylation sites (tertiary alicyclic amines) is 1. The van der Waals surface area contributed by atoms with Crippen molar-refractivity contribution in [2.75, 3.05) is 26.3 Å². The summed E-state index contributed by atoms with van der Waals surface area (Å²) in [6, 6.07) is 10.2. The lowest BCUT2D eigenvalue weighted by Crippen LogP contribution is -2.44. The number of carbonyl (C=O) groups is 1. The lowest BCUT2D eigenvalue weighted by molar-refractivity contribution is -0.157. The number of hydrogen-bond acceptors (Lipinski definition) is 3. The second-order valence-corrected chi connectivity index (χ2v) is 5.64. The van der Waals surface area contributed by atoms with Gasteiger partial charge >= 0.3 is 5.97 Å². The number of fused-ring (bicyclic) bond motifs is 1. The van der Waals surface area contributed by atoms with Crippen LogP contribution in [0.3, 0.4) is 0 Å². The number of benzene rings is 1. The minimum Gasteiger partial charge on any atom is -0.481 e. The van der Waals surface area contributed by atoms with E-state index in [9.17, 15) is 9.90 Å². The van der Waals surface area contributed by atoms with Crippen LogP contribution >= 0.6 is 0 Å². The van der Waals surface area contributed by atoms with Crippen LogP contribution < -0.4 is 0 Å². The van der Waals surface area contributed by atoms with Gasteiger partial charge < -0.3 is 9.84 Å². The summed E-state index contributed by atoms with van der Waals surface area (Å²) in [5.74, 6) is -0.529. The maximum absolute atomic E-state index is 11.7. The molecule has 2 saturated heterocycles. The summed E-state index contributed by atoms with van der Waals surface area (Å²) in [5.41, 5.74) is 0.648. The topological polar surface area (TPSA) is 49.8 Å². The van der Waals surface area contributed by atoms with E-state index in [1.54, 1.807) is 0 Å². The summed E-state index contributed by atoms with van der Waals surface area (Å²) in [6.45, 7) is 3.44. The highest BCUT2D eigenvalue weighted by Gasteiger charge is 2.53. The number of nitrogens with zero attached hydrogens (tertiary/aromatic N) is 1. The third-order valence-electron chi connectivity index (χ3n) is 4.45. The van der Waals surface area contributed by atoms with Crippen molar-refractivity contribution in [3.63, 3.8) is 0 Å². The van der Waals surface area contributed by atoms with Gasteiger partial charge in [-0.05, 0) is 12.0 Å². The van der Waals surface area contributed by atoms with Crippen molar-refractivity contribution < 1.29 is 14.6 Å². The van der Waals surface area contributed by atoms with Crippen LogP contribution in [0.2, 0.25) is 0 Å². The largest absolute Gasteiger partial charge is 0.481 e. The number of ether oxygens (including phenoxy) is 1. The molecule has 4 heteroatoms. The molecule has 0 radical (unpaired) electrons. The molecule has 1 aromatic rings. The molecule has 4 nitrogen and oxygen atoms in total. The van der Waals surface area contributed by atoms with Gasteiger partial charge in [0.15, 0.2) is 0 Å². The first-order valence-electron chi connectivity index (χ1n) is 6.78. The van der Waals surface area contributed by atoms with Crippen molar-refractivity contribution in [1.29, 1.82) is 0 Å². The van der Waals surface area contributed by atoms with E-state index in [1.807, 2.05) is 18.2 Å². The maximum Gasteiger partial charge on any atom is 0.311 e. The Morgan fingerprint density at radius 2 is 2.21 bits per heavy atom. The van der Waals surface area contributed by atoms with Crippen molar-refractivity contribution >= 4 is 5.97 Å². The molecule has 19 heavy (non-hydrogen) atoms. The van der Waals surface area contributed by atoms with Crippen molar-refractivity contribution in [3.8, 4) is 0 Å². The predicted octanol–water partition coefficient (Wildman–Crippen LogP) is 1.61. The standard InChI is InChI=1S/C15H19NO3/c17-14(18)15-6-7-19-10-13(15)9-16(11-15)8-12-4-2-1-3-5-12/h1-5,13H,6-11H2,(H,17,18). The highest BCUT2D eigenvalue weighted by Crippen LogP contribution is 2.42. The van der Waals surface area contributed by atoms with Gasteiger partial charge in [-0.3, -0.25) is 9.69 Å². The minimum absolute atomic E-state index is 0.127. The molecule has 2 fully saturated rings. The van der Waals surface area contributed by atoms with Gasteiger partial charge in [-0.15, -0.1) is 0 Å².